The predicted octanol–water partition coefficient (Wildman–Crippen LogP) is 4.80. The Morgan fingerprint density at radius 2 is 2.00 bits per heavy atom. The molecule has 25 heavy (non-hydrogen) atoms. The van der Waals surface area contributed by atoms with Gasteiger partial charge in [0, 0.05) is 18.5 Å². The number of fused-ring (bicyclic) bond motifs is 3. The van der Waals surface area contributed by atoms with Gasteiger partial charge in [0.15, 0.2) is 0 Å². The van der Waals surface area contributed by atoms with Crippen LogP contribution in [0.2, 0.25) is 0 Å². The van der Waals surface area contributed by atoms with Gasteiger partial charge in [0.1, 0.15) is 17.9 Å². The van der Waals surface area contributed by atoms with Crippen LogP contribution < -0.4 is 0 Å². The van der Waals surface area contributed by atoms with Gasteiger partial charge in [-0.05, 0) is 36.7 Å². The maximum atomic E-state index is 5.69. The third-order valence-electron chi connectivity index (χ3n) is 5.45. The first-order valence-electron chi connectivity index (χ1n) is 9.29. The van der Waals surface area contributed by atoms with Crippen molar-refractivity contribution in [1.29, 1.82) is 0 Å². The van der Waals surface area contributed by atoms with Crippen LogP contribution in [-0.4, -0.2) is 21.1 Å². The van der Waals surface area contributed by atoms with Gasteiger partial charge in [-0.15, -0.1) is 0 Å². The Hall–Kier alpha value is -1.94. The Morgan fingerprint density at radius 1 is 1.20 bits per heavy atom. The maximum absolute atomic E-state index is 5.69. The van der Waals surface area contributed by atoms with Crippen molar-refractivity contribution < 1.29 is 4.74 Å². The zero-order valence-electron chi connectivity index (χ0n) is 15.6. The van der Waals surface area contributed by atoms with Gasteiger partial charge in [0.25, 0.3) is 0 Å². The van der Waals surface area contributed by atoms with E-state index in [0.29, 0.717) is 18.6 Å². The Labute approximate surface area is 149 Å². The molecule has 0 aliphatic heterocycles. The molecule has 3 aromatic rings. The van der Waals surface area contributed by atoms with E-state index in [1.807, 2.05) is 19.2 Å². The van der Waals surface area contributed by atoms with E-state index in [-0.39, 0.29) is 0 Å². The van der Waals surface area contributed by atoms with Gasteiger partial charge in [-0.1, -0.05) is 39.0 Å². The van der Waals surface area contributed by atoms with E-state index >= 15 is 0 Å². The second-order valence-corrected chi connectivity index (χ2v) is 8.25. The molecule has 1 aliphatic rings. The normalized spacial score (nSPS) is 20.5. The molecule has 2 unspecified atom stereocenters. The highest BCUT2D eigenvalue weighted by molar-refractivity contribution is 6.02. The highest BCUT2D eigenvalue weighted by Crippen LogP contribution is 2.51. The Morgan fingerprint density at radius 3 is 2.72 bits per heavy atom. The summed E-state index contributed by atoms with van der Waals surface area (Å²) in [7, 11) is 0. The molecule has 0 amide bonds. The summed E-state index contributed by atoms with van der Waals surface area (Å²) >= 11 is 0. The highest BCUT2D eigenvalue weighted by atomic mass is 16.5. The third-order valence-corrected chi connectivity index (χ3v) is 5.45. The Kier molecular flexibility index (Phi) is 4.03. The zero-order chi connectivity index (χ0) is 17.6. The van der Waals surface area contributed by atoms with Crippen LogP contribution in [-0.2, 0) is 17.9 Å². The molecule has 1 aliphatic carbocycles. The summed E-state index contributed by atoms with van der Waals surface area (Å²) in [5.41, 5.74) is 3.59. The van der Waals surface area contributed by atoms with E-state index in [1.165, 1.54) is 17.3 Å². The first kappa shape index (κ1) is 16.5. The van der Waals surface area contributed by atoms with Crippen LogP contribution in [0.15, 0.2) is 30.5 Å². The van der Waals surface area contributed by atoms with Crippen LogP contribution in [0.4, 0.5) is 0 Å². The van der Waals surface area contributed by atoms with Crippen molar-refractivity contribution in [3.05, 3.63) is 36.3 Å². The number of hydrogen-bond donors (Lipinski definition) is 0. The summed E-state index contributed by atoms with van der Waals surface area (Å²) in [5, 5.41) is 1.18. The van der Waals surface area contributed by atoms with Crippen LogP contribution in [0.3, 0.4) is 0 Å². The van der Waals surface area contributed by atoms with Gasteiger partial charge in [0.05, 0.1) is 17.2 Å². The summed E-state index contributed by atoms with van der Waals surface area (Å²) in [6.07, 6.45) is 3.21. The van der Waals surface area contributed by atoms with Crippen LogP contribution in [0, 0.1) is 17.3 Å². The molecule has 0 radical (unpaired) electrons. The molecular formula is C21H27N3O. The fourth-order valence-electron chi connectivity index (χ4n) is 4.05. The van der Waals surface area contributed by atoms with Crippen LogP contribution >= 0.6 is 0 Å². The summed E-state index contributed by atoms with van der Waals surface area (Å²) in [6, 6.07) is 8.35. The summed E-state index contributed by atoms with van der Waals surface area (Å²) in [5.74, 6) is 2.54. The van der Waals surface area contributed by atoms with Gasteiger partial charge >= 0.3 is 0 Å². The fraction of sp³-hybridized carbons (Fsp3) is 0.524. The van der Waals surface area contributed by atoms with E-state index in [4.69, 9.17) is 9.72 Å². The molecule has 1 saturated carbocycles. The summed E-state index contributed by atoms with van der Waals surface area (Å²) in [6.45, 7) is 11.4. The number of ether oxygens (including phenoxy) is 1. The first-order valence-corrected chi connectivity index (χ1v) is 9.29. The molecule has 4 rings (SSSR count). The van der Waals surface area contributed by atoms with Crippen molar-refractivity contribution in [1.82, 2.24) is 14.5 Å². The van der Waals surface area contributed by atoms with Crippen molar-refractivity contribution >= 4 is 21.9 Å². The molecule has 2 heterocycles. The van der Waals surface area contributed by atoms with Gasteiger partial charge < -0.3 is 9.30 Å². The summed E-state index contributed by atoms with van der Waals surface area (Å²) < 4.78 is 8.09. The quantitative estimate of drug-likeness (QED) is 0.671. The van der Waals surface area contributed by atoms with Gasteiger partial charge in [0.2, 0.25) is 0 Å². The van der Waals surface area contributed by atoms with E-state index in [1.54, 1.807) is 0 Å². The second-order valence-electron chi connectivity index (χ2n) is 8.25. The number of pyridine rings is 1. The molecule has 1 aromatic carbocycles. The lowest BCUT2D eigenvalue weighted by molar-refractivity contribution is 0.125. The summed E-state index contributed by atoms with van der Waals surface area (Å²) in [4.78, 5) is 9.42. The van der Waals surface area contributed by atoms with Crippen molar-refractivity contribution in [3.63, 3.8) is 0 Å². The van der Waals surface area contributed by atoms with E-state index in [2.05, 4.69) is 48.5 Å². The van der Waals surface area contributed by atoms with Gasteiger partial charge in [-0.3, -0.25) is 4.98 Å². The number of imidazole rings is 1. The molecule has 0 saturated heterocycles. The smallest absolute Gasteiger partial charge is 0.136 e. The monoisotopic (exact) mass is 337 g/mol. The van der Waals surface area contributed by atoms with Gasteiger partial charge in [-0.25, -0.2) is 4.98 Å². The van der Waals surface area contributed by atoms with E-state index < -0.39 is 0 Å². The predicted molar refractivity (Wildman–Crippen MR) is 101 cm³/mol. The van der Waals surface area contributed by atoms with E-state index in [0.717, 1.165) is 35.2 Å². The van der Waals surface area contributed by atoms with Crippen molar-refractivity contribution in [2.75, 3.05) is 6.61 Å². The second kappa shape index (κ2) is 6.10. The van der Waals surface area contributed by atoms with Crippen molar-refractivity contribution in [2.24, 2.45) is 17.3 Å². The average molecular weight is 337 g/mol. The first-order chi connectivity index (χ1) is 12.0. The molecule has 2 aromatic heterocycles. The van der Waals surface area contributed by atoms with Gasteiger partial charge in [-0.2, -0.15) is 0 Å². The SMILES string of the molecule is CCOCc1nc2cnc3ccccc3c2n1CC1CC1C(C)(C)C. The Balaban J connectivity index is 1.80. The topological polar surface area (TPSA) is 39.9 Å². The number of rotatable bonds is 5. The molecule has 0 N–H and O–H groups in total. The minimum absolute atomic E-state index is 0.380. The molecular weight excluding hydrogens is 310 g/mol. The largest absolute Gasteiger partial charge is 0.374 e. The standard InChI is InChI=1S/C21H27N3O/c1-5-25-13-19-23-18-11-22-17-9-7-6-8-15(17)20(18)24(19)12-14-10-16(14)21(2,3)4/h6-9,11,14,16H,5,10,12-13H2,1-4H3. The number of hydrogen-bond acceptors (Lipinski definition) is 3. The van der Waals surface area contributed by atoms with Crippen LogP contribution in [0.1, 0.15) is 39.9 Å². The lowest BCUT2D eigenvalue weighted by atomic mass is 9.89. The third kappa shape index (κ3) is 3.04. The molecule has 132 valence electrons. The van der Waals surface area contributed by atoms with E-state index in [9.17, 15) is 0 Å². The number of benzene rings is 1. The molecule has 4 nitrogen and oxygen atoms in total. The molecule has 0 bridgehead atoms. The maximum Gasteiger partial charge on any atom is 0.136 e. The molecule has 2 atom stereocenters. The molecule has 4 heteroatoms. The van der Waals surface area contributed by atoms with Crippen LogP contribution in [0.5, 0.6) is 0 Å². The zero-order valence-corrected chi connectivity index (χ0v) is 15.6. The number of para-hydroxylation sites is 1. The minimum Gasteiger partial charge on any atom is -0.374 e. The van der Waals surface area contributed by atoms with Crippen LogP contribution in [0.25, 0.3) is 21.9 Å². The fourth-order valence-corrected chi connectivity index (χ4v) is 4.05. The van der Waals surface area contributed by atoms with Crippen molar-refractivity contribution in [2.45, 2.75) is 47.3 Å². The average Bonchev–Trinajstić information content (AvgIpc) is 3.28. The number of aromatic nitrogens is 3. The lowest BCUT2D eigenvalue weighted by Crippen LogP contribution is -2.13. The van der Waals surface area contributed by atoms with Crippen molar-refractivity contribution in [3.8, 4) is 0 Å². The Bertz CT molecular complexity index is 907. The lowest BCUT2D eigenvalue weighted by Gasteiger charge is -2.19. The minimum atomic E-state index is 0.380. The molecule has 0 spiro atoms. The number of nitrogens with zero attached hydrogens (tertiary/aromatic N) is 3. The highest BCUT2D eigenvalue weighted by Gasteiger charge is 2.45. The molecule has 1 fully saturated rings.